The molecule has 3 rings (SSSR count). The largest absolute Gasteiger partial charge is 0.462 e. The highest BCUT2D eigenvalue weighted by Gasteiger charge is 2.19. The molecule has 3 aromatic rings. The van der Waals surface area contributed by atoms with Gasteiger partial charge >= 0.3 is 5.97 Å². The summed E-state index contributed by atoms with van der Waals surface area (Å²) in [5.74, 6) is -0.925. The molecule has 0 aliphatic carbocycles. The van der Waals surface area contributed by atoms with Crippen molar-refractivity contribution in [2.75, 3.05) is 11.9 Å². The molecule has 1 N–H and O–H groups in total. The second kappa shape index (κ2) is 7.49. The minimum Gasteiger partial charge on any atom is -0.462 e. The van der Waals surface area contributed by atoms with E-state index in [1.54, 1.807) is 18.4 Å². The number of amides is 1. The molecule has 7 nitrogen and oxygen atoms in total. The van der Waals surface area contributed by atoms with E-state index in [0.717, 1.165) is 5.56 Å². The number of nitrogens with one attached hydrogen (secondary N) is 1. The fourth-order valence-corrected chi connectivity index (χ4v) is 3.38. The quantitative estimate of drug-likeness (QED) is 0.696. The number of aromatic nitrogens is 2. The molecule has 26 heavy (non-hydrogen) atoms. The van der Waals surface area contributed by atoms with Gasteiger partial charge in [-0.1, -0.05) is 12.1 Å². The first kappa shape index (κ1) is 17.8. The van der Waals surface area contributed by atoms with Gasteiger partial charge in [0.2, 0.25) is 5.91 Å². The first-order valence-corrected chi connectivity index (χ1v) is 8.88. The summed E-state index contributed by atoms with van der Waals surface area (Å²) in [6.07, 6.45) is 1.31. The van der Waals surface area contributed by atoms with Crippen molar-refractivity contribution in [1.29, 1.82) is 0 Å². The van der Waals surface area contributed by atoms with Crippen LogP contribution in [0.1, 0.15) is 22.8 Å². The number of carbonyl (C=O) groups excluding carboxylic acids is 2. The maximum Gasteiger partial charge on any atom is 0.339 e. The third-order valence-electron chi connectivity index (χ3n) is 3.67. The molecule has 0 aliphatic rings. The minimum atomic E-state index is -0.570. The van der Waals surface area contributed by atoms with Crippen molar-refractivity contribution in [3.05, 3.63) is 57.5 Å². The van der Waals surface area contributed by atoms with Gasteiger partial charge in [0.25, 0.3) is 5.56 Å². The zero-order valence-corrected chi connectivity index (χ0v) is 15.1. The number of anilines is 1. The lowest BCUT2D eigenvalue weighted by Crippen LogP contribution is -2.28. The number of hydrogen-bond acceptors (Lipinski definition) is 6. The summed E-state index contributed by atoms with van der Waals surface area (Å²) in [5, 5.41) is 4.47. The predicted octanol–water partition coefficient (Wildman–Crippen LogP) is 2.58. The molecule has 0 saturated heterocycles. The van der Waals surface area contributed by atoms with Gasteiger partial charge in [-0.25, -0.2) is 9.78 Å². The standard InChI is InChI=1S/C18H17N3O4S/c1-3-25-18(24)13-9-26-16-15(13)17(23)21(10-19-16)8-14(22)20-12-6-4-5-11(2)7-12/h4-7,9-10H,3,8H2,1-2H3,(H,20,22). The number of ether oxygens (including phenoxy) is 1. The van der Waals surface area contributed by atoms with Gasteiger partial charge < -0.3 is 10.1 Å². The Morgan fingerprint density at radius 2 is 2.15 bits per heavy atom. The van der Waals surface area contributed by atoms with E-state index < -0.39 is 11.5 Å². The first-order valence-electron chi connectivity index (χ1n) is 8.00. The first-order chi connectivity index (χ1) is 12.5. The number of aryl methyl sites for hydroxylation is 1. The van der Waals surface area contributed by atoms with Crippen molar-refractivity contribution < 1.29 is 14.3 Å². The van der Waals surface area contributed by atoms with Gasteiger partial charge in [-0.05, 0) is 31.5 Å². The highest BCUT2D eigenvalue weighted by molar-refractivity contribution is 7.17. The van der Waals surface area contributed by atoms with Crippen molar-refractivity contribution in [3.63, 3.8) is 0 Å². The van der Waals surface area contributed by atoms with Crippen LogP contribution in [-0.4, -0.2) is 28.0 Å². The van der Waals surface area contributed by atoms with Gasteiger partial charge in [-0.2, -0.15) is 0 Å². The third-order valence-corrected chi connectivity index (χ3v) is 4.56. The molecule has 0 saturated carbocycles. The zero-order valence-electron chi connectivity index (χ0n) is 14.3. The number of esters is 1. The van der Waals surface area contributed by atoms with Gasteiger partial charge in [0.1, 0.15) is 11.4 Å². The SMILES string of the molecule is CCOC(=O)c1csc2ncn(CC(=O)Nc3cccc(C)c3)c(=O)c12. The summed E-state index contributed by atoms with van der Waals surface area (Å²) in [5.41, 5.74) is 1.40. The molecule has 1 aromatic carbocycles. The normalized spacial score (nSPS) is 10.7. The van der Waals surface area contributed by atoms with Crippen LogP contribution in [-0.2, 0) is 16.1 Å². The monoisotopic (exact) mass is 371 g/mol. The summed E-state index contributed by atoms with van der Waals surface area (Å²) >= 11 is 1.19. The summed E-state index contributed by atoms with van der Waals surface area (Å²) in [4.78, 5) is 41.6. The Labute approximate surface area is 153 Å². The molecule has 0 spiro atoms. The highest BCUT2D eigenvalue weighted by atomic mass is 32.1. The van der Waals surface area contributed by atoms with E-state index in [0.29, 0.717) is 10.5 Å². The van der Waals surface area contributed by atoms with E-state index in [2.05, 4.69) is 10.3 Å². The number of benzene rings is 1. The van der Waals surface area contributed by atoms with E-state index in [9.17, 15) is 14.4 Å². The Morgan fingerprint density at radius 1 is 1.35 bits per heavy atom. The fourth-order valence-electron chi connectivity index (χ4n) is 2.52. The van der Waals surface area contributed by atoms with Crippen LogP contribution in [0.25, 0.3) is 10.2 Å². The molecule has 0 aliphatic heterocycles. The average Bonchev–Trinajstić information content (AvgIpc) is 3.02. The zero-order chi connectivity index (χ0) is 18.7. The smallest absolute Gasteiger partial charge is 0.339 e. The summed E-state index contributed by atoms with van der Waals surface area (Å²) < 4.78 is 6.16. The number of nitrogens with zero attached hydrogens (tertiary/aromatic N) is 2. The van der Waals surface area contributed by atoms with Gasteiger partial charge in [0.05, 0.1) is 23.9 Å². The second-order valence-corrected chi connectivity index (χ2v) is 6.50. The predicted molar refractivity (Wildman–Crippen MR) is 99.6 cm³/mol. The van der Waals surface area contributed by atoms with Crippen LogP contribution < -0.4 is 10.9 Å². The Morgan fingerprint density at radius 3 is 2.88 bits per heavy atom. The van der Waals surface area contributed by atoms with Crippen LogP contribution in [0.3, 0.4) is 0 Å². The lowest BCUT2D eigenvalue weighted by Gasteiger charge is -2.08. The summed E-state index contributed by atoms with van der Waals surface area (Å²) in [6, 6.07) is 7.36. The Bertz CT molecular complexity index is 1040. The van der Waals surface area contributed by atoms with Crippen LogP contribution >= 0.6 is 11.3 Å². The van der Waals surface area contributed by atoms with Crippen LogP contribution in [0.2, 0.25) is 0 Å². The molecular formula is C18H17N3O4S. The molecule has 2 aromatic heterocycles. The average molecular weight is 371 g/mol. The Kier molecular flexibility index (Phi) is 5.13. The third kappa shape index (κ3) is 3.65. The molecule has 0 fully saturated rings. The maximum atomic E-state index is 12.7. The lowest BCUT2D eigenvalue weighted by atomic mass is 10.2. The van der Waals surface area contributed by atoms with Gasteiger partial charge in [0.15, 0.2) is 0 Å². The number of fused-ring (bicyclic) bond motifs is 1. The van der Waals surface area contributed by atoms with Gasteiger partial charge in [0, 0.05) is 11.1 Å². The van der Waals surface area contributed by atoms with E-state index in [1.165, 1.54) is 22.2 Å². The van der Waals surface area contributed by atoms with Crippen LogP contribution in [0.5, 0.6) is 0 Å². The molecular weight excluding hydrogens is 354 g/mol. The van der Waals surface area contributed by atoms with Gasteiger partial charge in [-0.15, -0.1) is 11.3 Å². The second-order valence-electron chi connectivity index (χ2n) is 5.65. The molecule has 0 radical (unpaired) electrons. The van der Waals surface area contributed by atoms with Crippen molar-refractivity contribution in [2.45, 2.75) is 20.4 Å². The molecule has 8 heteroatoms. The van der Waals surface area contributed by atoms with Crippen molar-refractivity contribution in [3.8, 4) is 0 Å². The van der Waals surface area contributed by atoms with Crippen LogP contribution in [0, 0.1) is 6.92 Å². The summed E-state index contributed by atoms with van der Waals surface area (Å²) in [7, 11) is 0. The molecule has 134 valence electrons. The molecule has 2 heterocycles. The Hall–Kier alpha value is -3.00. The maximum absolute atomic E-state index is 12.7. The topological polar surface area (TPSA) is 90.3 Å². The molecule has 0 bridgehead atoms. The van der Waals surface area contributed by atoms with Crippen molar-refractivity contribution >= 4 is 39.1 Å². The van der Waals surface area contributed by atoms with E-state index >= 15 is 0 Å². The van der Waals surface area contributed by atoms with Crippen LogP contribution in [0.15, 0.2) is 40.8 Å². The van der Waals surface area contributed by atoms with Crippen molar-refractivity contribution in [1.82, 2.24) is 9.55 Å². The van der Waals surface area contributed by atoms with E-state index in [4.69, 9.17) is 4.74 Å². The van der Waals surface area contributed by atoms with Gasteiger partial charge in [-0.3, -0.25) is 14.2 Å². The van der Waals surface area contributed by atoms with E-state index in [-0.39, 0.29) is 30.0 Å². The number of carbonyl (C=O) groups is 2. The molecule has 0 unspecified atom stereocenters. The number of rotatable bonds is 5. The number of thiophene rings is 1. The Balaban J connectivity index is 1.87. The van der Waals surface area contributed by atoms with E-state index in [1.807, 2.05) is 25.1 Å². The number of hydrogen-bond donors (Lipinski definition) is 1. The fraction of sp³-hybridized carbons (Fsp3) is 0.222. The van der Waals surface area contributed by atoms with Crippen LogP contribution in [0.4, 0.5) is 5.69 Å². The highest BCUT2D eigenvalue weighted by Crippen LogP contribution is 2.21. The summed E-state index contributed by atoms with van der Waals surface area (Å²) in [6.45, 7) is 3.63. The molecule has 1 amide bonds. The minimum absolute atomic E-state index is 0.179. The lowest BCUT2D eigenvalue weighted by molar-refractivity contribution is -0.116. The van der Waals surface area contributed by atoms with Crippen molar-refractivity contribution in [2.24, 2.45) is 0 Å². The molecule has 0 atom stereocenters.